The first kappa shape index (κ1) is 17.1. The van der Waals surface area contributed by atoms with Crippen LogP contribution in [0.3, 0.4) is 0 Å². The van der Waals surface area contributed by atoms with Crippen molar-refractivity contribution in [3.05, 3.63) is 65.0 Å². The standard InChI is InChI=1S/C19H21N3O3/c1-20-19(24)16-11-13(18(23)21-14-8-9-14)10-15(22-16)17(25-2)12-6-4-3-5-7-12/h3-7,10-11,14,17H,8-9H2,1-2H3,(H,20,24)(H,21,23). The van der Waals surface area contributed by atoms with Gasteiger partial charge in [0.2, 0.25) is 0 Å². The van der Waals surface area contributed by atoms with Crippen molar-refractivity contribution in [2.45, 2.75) is 25.0 Å². The minimum absolute atomic E-state index is 0.193. The average molecular weight is 339 g/mol. The molecule has 1 aliphatic rings. The van der Waals surface area contributed by atoms with E-state index >= 15 is 0 Å². The lowest BCUT2D eigenvalue weighted by atomic mass is 10.0. The van der Waals surface area contributed by atoms with Crippen molar-refractivity contribution < 1.29 is 14.3 Å². The largest absolute Gasteiger partial charge is 0.370 e. The second-order valence-electron chi connectivity index (χ2n) is 6.02. The van der Waals surface area contributed by atoms with Crippen LogP contribution in [0, 0.1) is 0 Å². The monoisotopic (exact) mass is 339 g/mol. The summed E-state index contributed by atoms with van der Waals surface area (Å²) in [7, 11) is 3.11. The highest BCUT2D eigenvalue weighted by molar-refractivity contribution is 5.98. The van der Waals surface area contributed by atoms with E-state index in [9.17, 15) is 9.59 Å². The average Bonchev–Trinajstić information content (AvgIpc) is 3.46. The molecule has 2 amide bonds. The minimum Gasteiger partial charge on any atom is -0.370 e. The van der Waals surface area contributed by atoms with Crippen LogP contribution in [0.4, 0.5) is 0 Å². The molecule has 2 N–H and O–H groups in total. The number of ether oxygens (including phenoxy) is 1. The molecule has 1 heterocycles. The van der Waals surface area contributed by atoms with Crippen molar-refractivity contribution in [3.63, 3.8) is 0 Å². The molecule has 25 heavy (non-hydrogen) atoms. The van der Waals surface area contributed by atoms with E-state index in [0.29, 0.717) is 11.3 Å². The Bertz CT molecular complexity index is 773. The van der Waals surface area contributed by atoms with Crippen molar-refractivity contribution in [1.29, 1.82) is 0 Å². The molecule has 0 spiro atoms. The Morgan fingerprint density at radius 3 is 2.48 bits per heavy atom. The molecule has 1 aliphatic carbocycles. The predicted molar refractivity (Wildman–Crippen MR) is 93.4 cm³/mol. The number of aromatic nitrogens is 1. The van der Waals surface area contributed by atoms with Gasteiger partial charge in [-0.25, -0.2) is 4.98 Å². The van der Waals surface area contributed by atoms with Crippen molar-refractivity contribution >= 4 is 11.8 Å². The van der Waals surface area contributed by atoms with Crippen LogP contribution in [-0.2, 0) is 4.74 Å². The zero-order valence-electron chi connectivity index (χ0n) is 14.3. The van der Waals surface area contributed by atoms with E-state index in [1.807, 2.05) is 30.3 Å². The third-order valence-corrected chi connectivity index (χ3v) is 4.09. The van der Waals surface area contributed by atoms with Gasteiger partial charge in [0.05, 0.1) is 5.69 Å². The van der Waals surface area contributed by atoms with Gasteiger partial charge in [0, 0.05) is 25.8 Å². The number of amides is 2. The number of carbonyl (C=O) groups is 2. The second-order valence-corrected chi connectivity index (χ2v) is 6.02. The topological polar surface area (TPSA) is 80.3 Å². The van der Waals surface area contributed by atoms with Gasteiger partial charge in [-0.05, 0) is 30.5 Å². The van der Waals surface area contributed by atoms with Crippen LogP contribution in [0.25, 0.3) is 0 Å². The third kappa shape index (κ3) is 4.03. The lowest BCUT2D eigenvalue weighted by Gasteiger charge is -2.17. The molecular weight excluding hydrogens is 318 g/mol. The number of pyridine rings is 1. The van der Waals surface area contributed by atoms with E-state index in [0.717, 1.165) is 18.4 Å². The van der Waals surface area contributed by atoms with Crippen LogP contribution in [0.5, 0.6) is 0 Å². The van der Waals surface area contributed by atoms with Crippen molar-refractivity contribution in [1.82, 2.24) is 15.6 Å². The van der Waals surface area contributed by atoms with Crippen LogP contribution >= 0.6 is 0 Å². The van der Waals surface area contributed by atoms with Crippen molar-refractivity contribution in [3.8, 4) is 0 Å². The number of hydrogen-bond donors (Lipinski definition) is 2. The van der Waals surface area contributed by atoms with Crippen LogP contribution in [0.2, 0.25) is 0 Å². The lowest BCUT2D eigenvalue weighted by Crippen LogP contribution is -2.27. The Hall–Kier alpha value is -2.73. The Kier molecular flexibility index (Phi) is 5.09. The van der Waals surface area contributed by atoms with E-state index in [1.54, 1.807) is 13.2 Å². The van der Waals surface area contributed by atoms with Gasteiger partial charge in [0.25, 0.3) is 11.8 Å². The van der Waals surface area contributed by atoms with E-state index < -0.39 is 6.10 Å². The molecule has 130 valence electrons. The minimum atomic E-state index is -0.460. The summed E-state index contributed by atoms with van der Waals surface area (Å²) in [5.41, 5.74) is 2.03. The molecule has 3 rings (SSSR count). The van der Waals surface area contributed by atoms with Crippen LogP contribution in [-0.4, -0.2) is 37.0 Å². The molecule has 2 aromatic rings. The van der Waals surface area contributed by atoms with Gasteiger partial charge in [0.1, 0.15) is 11.8 Å². The molecule has 6 heteroatoms. The van der Waals surface area contributed by atoms with Gasteiger partial charge >= 0.3 is 0 Å². The van der Waals surface area contributed by atoms with Crippen LogP contribution in [0.1, 0.15) is 51.0 Å². The van der Waals surface area contributed by atoms with E-state index in [4.69, 9.17) is 4.74 Å². The van der Waals surface area contributed by atoms with Crippen LogP contribution in [0.15, 0.2) is 42.5 Å². The fourth-order valence-electron chi connectivity index (χ4n) is 2.61. The summed E-state index contributed by atoms with van der Waals surface area (Å²) in [5, 5.41) is 5.49. The Labute approximate surface area is 146 Å². The van der Waals surface area contributed by atoms with E-state index in [-0.39, 0.29) is 23.6 Å². The van der Waals surface area contributed by atoms with Crippen molar-refractivity contribution in [2.24, 2.45) is 0 Å². The Morgan fingerprint density at radius 1 is 1.16 bits per heavy atom. The Balaban J connectivity index is 2.01. The number of nitrogens with zero attached hydrogens (tertiary/aromatic N) is 1. The highest BCUT2D eigenvalue weighted by Gasteiger charge is 2.26. The number of nitrogens with one attached hydrogen (secondary N) is 2. The van der Waals surface area contributed by atoms with Gasteiger partial charge in [-0.15, -0.1) is 0 Å². The number of benzene rings is 1. The summed E-state index contributed by atoms with van der Waals surface area (Å²) in [6, 6.07) is 13.0. The van der Waals surface area contributed by atoms with Gasteiger partial charge in [-0.3, -0.25) is 9.59 Å². The highest BCUT2D eigenvalue weighted by atomic mass is 16.5. The SMILES string of the molecule is CNC(=O)c1cc(C(=O)NC2CC2)cc(C(OC)c2ccccc2)n1. The third-order valence-electron chi connectivity index (χ3n) is 4.09. The zero-order valence-corrected chi connectivity index (χ0v) is 14.3. The normalized spacial score (nSPS) is 14.6. The number of rotatable bonds is 6. The summed E-state index contributed by atoms with van der Waals surface area (Å²) in [6.07, 6.45) is 1.53. The quantitative estimate of drug-likeness (QED) is 0.844. The van der Waals surface area contributed by atoms with Gasteiger partial charge in [-0.2, -0.15) is 0 Å². The first-order valence-corrected chi connectivity index (χ1v) is 8.25. The summed E-state index contributed by atoms with van der Waals surface area (Å²) < 4.78 is 5.59. The molecular formula is C19H21N3O3. The molecule has 0 radical (unpaired) electrons. The summed E-state index contributed by atoms with van der Waals surface area (Å²) >= 11 is 0. The number of methoxy groups -OCH3 is 1. The number of carbonyl (C=O) groups excluding carboxylic acids is 2. The van der Waals surface area contributed by atoms with Gasteiger partial charge in [0.15, 0.2) is 0 Å². The molecule has 1 aromatic carbocycles. The lowest BCUT2D eigenvalue weighted by molar-refractivity contribution is 0.0949. The van der Waals surface area contributed by atoms with Crippen molar-refractivity contribution in [2.75, 3.05) is 14.2 Å². The molecule has 1 fully saturated rings. The maximum absolute atomic E-state index is 12.4. The zero-order chi connectivity index (χ0) is 17.8. The summed E-state index contributed by atoms with van der Waals surface area (Å²) in [5.74, 6) is -0.538. The highest BCUT2D eigenvalue weighted by Crippen LogP contribution is 2.25. The molecule has 0 aliphatic heterocycles. The van der Waals surface area contributed by atoms with Gasteiger partial charge < -0.3 is 15.4 Å². The molecule has 0 bridgehead atoms. The molecule has 0 saturated heterocycles. The van der Waals surface area contributed by atoms with Crippen LogP contribution < -0.4 is 10.6 Å². The van der Waals surface area contributed by atoms with Gasteiger partial charge in [-0.1, -0.05) is 30.3 Å². The summed E-state index contributed by atoms with van der Waals surface area (Å²) in [4.78, 5) is 28.9. The summed E-state index contributed by atoms with van der Waals surface area (Å²) in [6.45, 7) is 0. The Morgan fingerprint density at radius 2 is 1.88 bits per heavy atom. The maximum Gasteiger partial charge on any atom is 0.269 e. The molecule has 1 atom stereocenters. The van der Waals surface area contributed by atoms with E-state index in [1.165, 1.54) is 13.1 Å². The second kappa shape index (κ2) is 7.44. The number of hydrogen-bond acceptors (Lipinski definition) is 4. The molecule has 1 unspecified atom stereocenters. The maximum atomic E-state index is 12.4. The molecule has 1 aromatic heterocycles. The molecule has 6 nitrogen and oxygen atoms in total. The smallest absolute Gasteiger partial charge is 0.269 e. The fraction of sp³-hybridized carbons (Fsp3) is 0.316. The molecule has 1 saturated carbocycles. The first-order valence-electron chi connectivity index (χ1n) is 8.25. The van der Waals surface area contributed by atoms with E-state index in [2.05, 4.69) is 15.6 Å². The fourth-order valence-corrected chi connectivity index (χ4v) is 2.61. The first-order chi connectivity index (χ1) is 12.1. The predicted octanol–water partition coefficient (Wildman–Crippen LogP) is 2.07.